The van der Waals surface area contributed by atoms with Crippen LogP contribution in [-0.2, 0) is 36.9 Å². The molecule has 2 aromatic carbocycles. The Bertz CT molecular complexity index is 1220. The van der Waals surface area contributed by atoms with Crippen molar-refractivity contribution in [3.8, 4) is 0 Å². The quantitative estimate of drug-likeness (QED) is 0.251. The first kappa shape index (κ1) is 34.6. The van der Waals surface area contributed by atoms with Gasteiger partial charge in [0.2, 0.25) is 11.8 Å². The second-order valence-corrected chi connectivity index (χ2v) is 12.5. The second kappa shape index (κ2) is 16.8. The molecule has 0 aromatic heterocycles. The van der Waals surface area contributed by atoms with Crippen LogP contribution in [0.1, 0.15) is 70.4 Å². The number of aliphatic hydroxyl groups is 1. The van der Waals surface area contributed by atoms with Crippen LogP contribution in [0, 0.1) is 11.8 Å². The minimum absolute atomic E-state index is 0.0140. The van der Waals surface area contributed by atoms with Crippen LogP contribution in [0.25, 0.3) is 0 Å². The molecule has 10 heteroatoms. The van der Waals surface area contributed by atoms with Crippen molar-refractivity contribution < 1.29 is 33.8 Å². The lowest BCUT2D eigenvalue weighted by Crippen LogP contribution is -2.54. The monoisotopic (exact) mass is 609 g/mol. The minimum atomic E-state index is -1.30. The average Bonchev–Trinajstić information content (AvgIpc) is 2.99. The molecule has 1 fully saturated rings. The van der Waals surface area contributed by atoms with Crippen LogP contribution in [0.2, 0.25) is 0 Å². The molecule has 0 saturated heterocycles. The van der Waals surface area contributed by atoms with E-state index in [9.17, 15) is 24.3 Å². The maximum absolute atomic E-state index is 13.6. The molecule has 3 amide bonds. The Hall–Kier alpha value is -3.92. The summed E-state index contributed by atoms with van der Waals surface area (Å²) in [6.45, 7) is 5.82. The lowest BCUT2D eigenvalue weighted by atomic mass is 9.74. The normalized spacial score (nSPS) is 18.7. The maximum Gasteiger partial charge on any atom is 0.408 e. The van der Waals surface area contributed by atoms with E-state index in [0.29, 0.717) is 12.8 Å². The molecule has 0 radical (unpaired) electrons. The Kier molecular flexibility index (Phi) is 13.2. The SMILES string of the molecule is COC(=O)C[C@H](NC(=O)OCc1ccccc1)C(=O)N[C@@H](Cc1ccccc1)[C@H](O)C[C@@H]1CCCC[C@H]1C(=O)NC(C)(C)C. The number of methoxy groups -OCH3 is 1. The molecule has 4 N–H and O–H groups in total. The molecular formula is C34H47N3O7. The third-order valence-corrected chi connectivity index (χ3v) is 7.80. The van der Waals surface area contributed by atoms with Crippen LogP contribution in [0.5, 0.6) is 0 Å². The summed E-state index contributed by atoms with van der Waals surface area (Å²) in [5.41, 5.74) is 1.29. The van der Waals surface area contributed by atoms with Gasteiger partial charge in [0.25, 0.3) is 0 Å². The standard InChI is InChI=1S/C34H47N3O7/c1-34(2,3)37-31(40)26-18-12-11-17-25(26)20-29(38)27(19-23-13-7-5-8-14-23)35-32(41)28(21-30(39)43-4)36-33(42)44-22-24-15-9-6-10-16-24/h5-10,13-16,25-29,38H,11-12,17-22H2,1-4H3,(H,35,41)(H,36,42)(H,37,40)/t25-,26+,27-,28-,29+/m0/s1. The van der Waals surface area contributed by atoms with Gasteiger partial charge in [0.05, 0.1) is 25.7 Å². The van der Waals surface area contributed by atoms with E-state index < -0.39 is 42.6 Å². The predicted molar refractivity (Wildman–Crippen MR) is 166 cm³/mol. The van der Waals surface area contributed by atoms with E-state index in [-0.39, 0.29) is 29.9 Å². The van der Waals surface area contributed by atoms with E-state index in [1.54, 1.807) is 12.1 Å². The van der Waals surface area contributed by atoms with Crippen molar-refractivity contribution in [2.45, 2.75) is 96.1 Å². The molecule has 1 aliphatic carbocycles. The first-order valence-electron chi connectivity index (χ1n) is 15.3. The fourth-order valence-corrected chi connectivity index (χ4v) is 5.57. The van der Waals surface area contributed by atoms with Crippen LogP contribution in [0.3, 0.4) is 0 Å². The Balaban J connectivity index is 1.75. The number of esters is 1. The van der Waals surface area contributed by atoms with Crippen LogP contribution < -0.4 is 16.0 Å². The molecule has 0 heterocycles. The summed E-state index contributed by atoms with van der Waals surface area (Å²) < 4.78 is 10.0. The Morgan fingerprint density at radius 2 is 1.52 bits per heavy atom. The molecule has 44 heavy (non-hydrogen) atoms. The number of hydrogen-bond donors (Lipinski definition) is 4. The van der Waals surface area contributed by atoms with E-state index in [1.165, 1.54) is 7.11 Å². The van der Waals surface area contributed by atoms with E-state index in [4.69, 9.17) is 9.47 Å². The molecular weight excluding hydrogens is 562 g/mol. The lowest BCUT2D eigenvalue weighted by molar-refractivity contribution is -0.143. The summed E-state index contributed by atoms with van der Waals surface area (Å²) >= 11 is 0. The smallest absolute Gasteiger partial charge is 0.408 e. The van der Waals surface area contributed by atoms with Crippen LogP contribution in [-0.4, -0.2) is 59.8 Å². The van der Waals surface area contributed by atoms with Crippen molar-refractivity contribution in [2.75, 3.05) is 7.11 Å². The third-order valence-electron chi connectivity index (χ3n) is 7.80. The molecule has 1 aliphatic rings. The molecule has 0 unspecified atom stereocenters. The number of aliphatic hydroxyl groups excluding tert-OH is 1. The van der Waals surface area contributed by atoms with Crippen molar-refractivity contribution in [1.82, 2.24) is 16.0 Å². The van der Waals surface area contributed by atoms with Gasteiger partial charge in [-0.05, 0) is 63.5 Å². The molecule has 240 valence electrons. The zero-order valence-corrected chi connectivity index (χ0v) is 26.2. The van der Waals surface area contributed by atoms with Crippen molar-refractivity contribution in [1.29, 1.82) is 0 Å². The highest BCUT2D eigenvalue weighted by molar-refractivity contribution is 5.89. The number of benzene rings is 2. The van der Waals surface area contributed by atoms with Gasteiger partial charge in [-0.2, -0.15) is 0 Å². The van der Waals surface area contributed by atoms with E-state index in [1.807, 2.05) is 69.3 Å². The van der Waals surface area contributed by atoms with Crippen molar-refractivity contribution in [2.24, 2.45) is 11.8 Å². The zero-order valence-electron chi connectivity index (χ0n) is 26.2. The van der Waals surface area contributed by atoms with Crippen LogP contribution >= 0.6 is 0 Å². The molecule has 2 aromatic rings. The lowest BCUT2D eigenvalue weighted by Gasteiger charge is -2.36. The topological polar surface area (TPSA) is 143 Å². The molecule has 0 aliphatic heterocycles. The summed E-state index contributed by atoms with van der Waals surface area (Å²) in [6.07, 6.45) is 1.79. The number of nitrogens with one attached hydrogen (secondary N) is 3. The number of amides is 3. The maximum atomic E-state index is 13.6. The minimum Gasteiger partial charge on any atom is -0.469 e. The number of hydrogen-bond acceptors (Lipinski definition) is 7. The van der Waals surface area contributed by atoms with Gasteiger partial charge in [-0.15, -0.1) is 0 Å². The van der Waals surface area contributed by atoms with Gasteiger partial charge in [0, 0.05) is 11.5 Å². The fraction of sp³-hybridized carbons (Fsp3) is 0.529. The van der Waals surface area contributed by atoms with Gasteiger partial charge in [-0.3, -0.25) is 14.4 Å². The van der Waals surface area contributed by atoms with Crippen LogP contribution in [0.4, 0.5) is 4.79 Å². The van der Waals surface area contributed by atoms with Gasteiger partial charge in [-0.25, -0.2) is 4.79 Å². The predicted octanol–water partition coefficient (Wildman–Crippen LogP) is 4.04. The van der Waals surface area contributed by atoms with E-state index in [0.717, 1.165) is 36.8 Å². The molecule has 3 rings (SSSR count). The summed E-state index contributed by atoms with van der Waals surface area (Å²) in [5, 5.41) is 20.0. The van der Waals surface area contributed by atoms with Gasteiger partial charge in [0.15, 0.2) is 0 Å². The number of carbonyl (C=O) groups is 4. The van der Waals surface area contributed by atoms with E-state index >= 15 is 0 Å². The number of ether oxygens (including phenoxy) is 2. The van der Waals surface area contributed by atoms with Gasteiger partial charge >= 0.3 is 12.1 Å². The second-order valence-electron chi connectivity index (χ2n) is 12.5. The van der Waals surface area contributed by atoms with Crippen LogP contribution in [0.15, 0.2) is 60.7 Å². The first-order chi connectivity index (χ1) is 20.9. The van der Waals surface area contributed by atoms with E-state index in [2.05, 4.69) is 16.0 Å². The van der Waals surface area contributed by atoms with Gasteiger partial charge < -0.3 is 30.5 Å². The summed E-state index contributed by atoms with van der Waals surface area (Å²) in [5.74, 6) is -1.66. The van der Waals surface area contributed by atoms with Gasteiger partial charge in [-0.1, -0.05) is 73.5 Å². The number of alkyl carbamates (subject to hydrolysis) is 1. The summed E-state index contributed by atoms with van der Waals surface area (Å²) in [7, 11) is 1.20. The Morgan fingerprint density at radius 3 is 2.14 bits per heavy atom. The molecule has 1 saturated carbocycles. The first-order valence-corrected chi connectivity index (χ1v) is 15.3. The van der Waals surface area contributed by atoms with Crippen molar-refractivity contribution in [3.63, 3.8) is 0 Å². The molecule has 5 atom stereocenters. The Labute approximate surface area is 260 Å². The highest BCUT2D eigenvalue weighted by atomic mass is 16.5. The number of carbonyl (C=O) groups excluding carboxylic acids is 4. The number of rotatable bonds is 13. The largest absolute Gasteiger partial charge is 0.469 e. The summed E-state index contributed by atoms with van der Waals surface area (Å²) in [6, 6.07) is 16.4. The molecule has 0 bridgehead atoms. The van der Waals surface area contributed by atoms with Crippen molar-refractivity contribution >= 4 is 23.9 Å². The van der Waals surface area contributed by atoms with Gasteiger partial charge in [0.1, 0.15) is 12.6 Å². The fourth-order valence-electron chi connectivity index (χ4n) is 5.57. The Morgan fingerprint density at radius 1 is 0.909 bits per heavy atom. The molecule has 10 nitrogen and oxygen atoms in total. The summed E-state index contributed by atoms with van der Waals surface area (Å²) in [4.78, 5) is 51.5. The molecule has 0 spiro atoms. The highest BCUT2D eigenvalue weighted by Crippen LogP contribution is 2.34. The van der Waals surface area contributed by atoms with Crippen molar-refractivity contribution in [3.05, 3.63) is 71.8 Å². The highest BCUT2D eigenvalue weighted by Gasteiger charge is 2.36. The zero-order chi connectivity index (χ0) is 32.1. The average molecular weight is 610 g/mol. The third kappa shape index (κ3) is 11.6.